The van der Waals surface area contributed by atoms with Crippen LogP contribution in [-0.2, 0) is 6.54 Å². The summed E-state index contributed by atoms with van der Waals surface area (Å²) in [6.45, 7) is 4.06. The Balaban J connectivity index is 1.66. The molecule has 0 aliphatic rings. The number of halogens is 2. The van der Waals surface area contributed by atoms with Crippen LogP contribution in [0.3, 0.4) is 0 Å². The lowest BCUT2D eigenvalue weighted by Gasteiger charge is -2.11. The fraction of sp³-hybridized carbons (Fsp3) is 0.150. The van der Waals surface area contributed by atoms with Crippen LogP contribution in [0.15, 0.2) is 48.8 Å². The molecule has 3 rings (SSSR count). The Bertz CT molecular complexity index is 953. The average Bonchev–Trinajstić information content (AvgIpc) is 2.64. The van der Waals surface area contributed by atoms with Gasteiger partial charge in [-0.2, -0.15) is 0 Å². The number of carbonyl (C=O) groups excluding carboxylic acids is 1. The zero-order valence-corrected chi connectivity index (χ0v) is 15.6. The third-order valence-corrected chi connectivity index (χ3v) is 4.28. The standard InChI is InChI=1S/C20H18ClFN4O/c1-12-7-13(2)18(16(21)8-12)26-19(27)15-10-24-20(25-11-15)23-9-14-5-3-4-6-17(14)22/h3-8,10-11H,9H2,1-2H3,(H,26,27)(H,23,24,25). The predicted octanol–water partition coefficient (Wildman–Crippen LogP) is 4.75. The van der Waals surface area contributed by atoms with Crippen molar-refractivity contribution >= 4 is 29.1 Å². The van der Waals surface area contributed by atoms with Gasteiger partial charge < -0.3 is 10.6 Å². The second kappa shape index (κ2) is 8.14. The molecule has 0 unspecified atom stereocenters. The molecule has 1 heterocycles. The number of amides is 1. The number of rotatable bonds is 5. The van der Waals surface area contributed by atoms with Crippen molar-refractivity contribution in [2.24, 2.45) is 0 Å². The van der Waals surface area contributed by atoms with Crippen LogP contribution in [0.25, 0.3) is 0 Å². The van der Waals surface area contributed by atoms with Crippen molar-refractivity contribution in [2.45, 2.75) is 20.4 Å². The van der Waals surface area contributed by atoms with Gasteiger partial charge in [0.15, 0.2) is 0 Å². The van der Waals surface area contributed by atoms with Crippen molar-refractivity contribution in [1.82, 2.24) is 9.97 Å². The summed E-state index contributed by atoms with van der Waals surface area (Å²) in [6, 6.07) is 10.2. The van der Waals surface area contributed by atoms with Crippen molar-refractivity contribution in [3.63, 3.8) is 0 Å². The topological polar surface area (TPSA) is 66.9 Å². The van der Waals surface area contributed by atoms with E-state index in [1.807, 2.05) is 19.9 Å². The molecule has 0 aliphatic carbocycles. The molecular formula is C20H18ClFN4O. The largest absolute Gasteiger partial charge is 0.350 e. The first-order valence-electron chi connectivity index (χ1n) is 8.31. The summed E-state index contributed by atoms with van der Waals surface area (Å²) < 4.78 is 13.6. The molecule has 27 heavy (non-hydrogen) atoms. The van der Waals surface area contributed by atoms with Crippen molar-refractivity contribution in [3.8, 4) is 0 Å². The summed E-state index contributed by atoms with van der Waals surface area (Å²) >= 11 is 6.22. The molecule has 0 fully saturated rings. The second-order valence-corrected chi connectivity index (χ2v) is 6.54. The molecule has 0 spiro atoms. The third-order valence-electron chi connectivity index (χ3n) is 3.98. The molecule has 138 valence electrons. The quantitative estimate of drug-likeness (QED) is 0.666. The summed E-state index contributed by atoms with van der Waals surface area (Å²) in [7, 11) is 0. The lowest BCUT2D eigenvalue weighted by molar-refractivity contribution is 0.102. The molecule has 0 aliphatic heterocycles. The Morgan fingerprint density at radius 2 is 1.85 bits per heavy atom. The summed E-state index contributed by atoms with van der Waals surface area (Å²) in [5.41, 5.74) is 3.26. The summed E-state index contributed by atoms with van der Waals surface area (Å²) in [5.74, 6) is -0.352. The number of aryl methyl sites for hydroxylation is 2. The van der Waals surface area contributed by atoms with E-state index in [1.54, 1.807) is 24.3 Å². The number of aromatic nitrogens is 2. The van der Waals surface area contributed by atoms with E-state index in [4.69, 9.17) is 11.6 Å². The zero-order chi connectivity index (χ0) is 19.4. The van der Waals surface area contributed by atoms with Crippen LogP contribution in [-0.4, -0.2) is 15.9 Å². The molecule has 7 heteroatoms. The number of hydrogen-bond acceptors (Lipinski definition) is 4. The smallest absolute Gasteiger partial charge is 0.258 e. The maximum absolute atomic E-state index is 13.6. The predicted molar refractivity (Wildman–Crippen MR) is 105 cm³/mol. The molecule has 0 atom stereocenters. The molecule has 1 amide bonds. The van der Waals surface area contributed by atoms with E-state index in [1.165, 1.54) is 18.5 Å². The van der Waals surface area contributed by atoms with Gasteiger partial charge in [-0.3, -0.25) is 4.79 Å². The van der Waals surface area contributed by atoms with Gasteiger partial charge in [0.2, 0.25) is 5.95 Å². The maximum Gasteiger partial charge on any atom is 0.258 e. The Kier molecular flexibility index (Phi) is 5.66. The van der Waals surface area contributed by atoms with E-state index in [0.29, 0.717) is 27.8 Å². The highest BCUT2D eigenvalue weighted by molar-refractivity contribution is 6.34. The Hall–Kier alpha value is -2.99. The van der Waals surface area contributed by atoms with Gasteiger partial charge in [-0.25, -0.2) is 14.4 Å². The summed E-state index contributed by atoms with van der Waals surface area (Å²) in [6.07, 6.45) is 2.81. The van der Waals surface area contributed by atoms with Gasteiger partial charge in [-0.1, -0.05) is 35.9 Å². The number of nitrogens with one attached hydrogen (secondary N) is 2. The van der Waals surface area contributed by atoms with Crippen molar-refractivity contribution in [3.05, 3.63) is 81.9 Å². The van der Waals surface area contributed by atoms with E-state index >= 15 is 0 Å². The second-order valence-electron chi connectivity index (χ2n) is 6.13. The lowest BCUT2D eigenvalue weighted by atomic mass is 10.1. The number of carbonyl (C=O) groups is 1. The van der Waals surface area contributed by atoms with Gasteiger partial charge >= 0.3 is 0 Å². The number of anilines is 2. The van der Waals surface area contributed by atoms with Gasteiger partial charge in [0.25, 0.3) is 5.91 Å². The molecule has 0 radical (unpaired) electrons. The minimum Gasteiger partial charge on any atom is -0.350 e. The minimum atomic E-state index is -0.357. The van der Waals surface area contributed by atoms with Crippen LogP contribution in [0.5, 0.6) is 0 Å². The van der Waals surface area contributed by atoms with Crippen LogP contribution in [0.4, 0.5) is 16.0 Å². The van der Waals surface area contributed by atoms with Crippen LogP contribution in [0, 0.1) is 19.7 Å². The van der Waals surface area contributed by atoms with E-state index in [2.05, 4.69) is 20.6 Å². The van der Waals surface area contributed by atoms with Crippen LogP contribution in [0.1, 0.15) is 27.0 Å². The van der Waals surface area contributed by atoms with Gasteiger partial charge in [0.1, 0.15) is 5.82 Å². The summed E-state index contributed by atoms with van der Waals surface area (Å²) in [4.78, 5) is 20.6. The fourth-order valence-electron chi connectivity index (χ4n) is 2.61. The maximum atomic E-state index is 13.6. The molecule has 5 nitrogen and oxygen atoms in total. The molecular weight excluding hydrogens is 367 g/mol. The highest BCUT2D eigenvalue weighted by Gasteiger charge is 2.12. The van der Waals surface area contributed by atoms with Crippen LogP contribution >= 0.6 is 11.6 Å². The monoisotopic (exact) mass is 384 g/mol. The molecule has 0 bridgehead atoms. The Morgan fingerprint density at radius 3 is 2.52 bits per heavy atom. The first-order valence-corrected chi connectivity index (χ1v) is 8.69. The molecule has 0 saturated carbocycles. The highest BCUT2D eigenvalue weighted by atomic mass is 35.5. The van der Waals surface area contributed by atoms with Gasteiger partial charge in [-0.05, 0) is 37.1 Å². The summed E-state index contributed by atoms with van der Waals surface area (Å²) in [5, 5.41) is 6.19. The minimum absolute atomic E-state index is 0.246. The third kappa shape index (κ3) is 4.60. The van der Waals surface area contributed by atoms with E-state index < -0.39 is 0 Å². The zero-order valence-electron chi connectivity index (χ0n) is 14.9. The van der Waals surface area contributed by atoms with Gasteiger partial charge in [0.05, 0.1) is 16.3 Å². The molecule has 0 saturated heterocycles. The highest BCUT2D eigenvalue weighted by Crippen LogP contribution is 2.27. The first kappa shape index (κ1) is 18.8. The number of nitrogens with zero attached hydrogens (tertiary/aromatic N) is 2. The van der Waals surface area contributed by atoms with Crippen LogP contribution < -0.4 is 10.6 Å². The Labute approximate surface area is 161 Å². The van der Waals surface area contributed by atoms with Crippen LogP contribution in [0.2, 0.25) is 5.02 Å². The van der Waals surface area contributed by atoms with Gasteiger partial charge in [0, 0.05) is 24.5 Å². The van der Waals surface area contributed by atoms with Crippen molar-refractivity contribution in [1.29, 1.82) is 0 Å². The molecule has 2 aromatic carbocycles. The normalized spacial score (nSPS) is 10.5. The van der Waals surface area contributed by atoms with E-state index in [-0.39, 0.29) is 18.3 Å². The van der Waals surface area contributed by atoms with Gasteiger partial charge in [-0.15, -0.1) is 0 Å². The average molecular weight is 385 g/mol. The SMILES string of the molecule is Cc1cc(C)c(NC(=O)c2cnc(NCc3ccccc3F)nc2)c(Cl)c1. The lowest BCUT2D eigenvalue weighted by Crippen LogP contribution is -2.14. The molecule has 2 N–H and O–H groups in total. The molecule has 1 aromatic heterocycles. The first-order chi connectivity index (χ1) is 12.9. The number of benzene rings is 2. The Morgan fingerprint density at radius 1 is 1.15 bits per heavy atom. The van der Waals surface area contributed by atoms with E-state index in [0.717, 1.165) is 11.1 Å². The van der Waals surface area contributed by atoms with Crippen molar-refractivity contribution < 1.29 is 9.18 Å². The number of hydrogen-bond donors (Lipinski definition) is 2. The van der Waals surface area contributed by atoms with E-state index in [9.17, 15) is 9.18 Å². The fourth-order valence-corrected chi connectivity index (χ4v) is 2.98. The molecule has 3 aromatic rings. The van der Waals surface area contributed by atoms with Crippen molar-refractivity contribution in [2.75, 3.05) is 10.6 Å².